The Morgan fingerprint density at radius 3 is 2.29 bits per heavy atom. The summed E-state index contributed by atoms with van der Waals surface area (Å²) in [7, 11) is 0. The molecule has 3 nitrogen and oxygen atoms in total. The molecule has 0 fully saturated rings. The van der Waals surface area contributed by atoms with Gasteiger partial charge in [-0.2, -0.15) is 5.10 Å². The number of aromatic nitrogens is 3. The van der Waals surface area contributed by atoms with E-state index in [0.29, 0.717) is 0 Å². The van der Waals surface area contributed by atoms with Crippen molar-refractivity contribution in [2.45, 2.75) is 0 Å². The zero-order chi connectivity index (χ0) is 18.2. The summed E-state index contributed by atoms with van der Waals surface area (Å²) in [6.07, 6.45) is 0. The van der Waals surface area contributed by atoms with Crippen LogP contribution in [0.4, 0.5) is 0 Å². The molecule has 1 aliphatic rings. The summed E-state index contributed by atoms with van der Waals surface area (Å²) in [5.41, 5.74) is 9.92. The first-order valence-electron chi connectivity index (χ1n) is 9.57. The van der Waals surface area contributed by atoms with Crippen LogP contribution >= 0.6 is 0 Å². The van der Waals surface area contributed by atoms with E-state index in [4.69, 9.17) is 0 Å². The molecule has 0 bridgehead atoms. The molecule has 0 unspecified atom stereocenters. The number of hydrogen-bond acceptors (Lipinski definition) is 0. The Hall–Kier alpha value is -3.85. The summed E-state index contributed by atoms with van der Waals surface area (Å²) >= 11 is 0. The Bertz CT molecular complexity index is 1550. The van der Waals surface area contributed by atoms with Gasteiger partial charge in [0.25, 0.3) is 0 Å². The van der Waals surface area contributed by atoms with Gasteiger partial charge in [0.05, 0.1) is 5.56 Å². The SMILES string of the molecule is c1ccc(-c2c3c([n+]4c5ccccc5[nH]n24)-c2cccc4cccc-3c24)cc1. The summed E-state index contributed by atoms with van der Waals surface area (Å²) in [5, 5.41) is 6.27. The second kappa shape index (κ2) is 4.90. The van der Waals surface area contributed by atoms with Crippen molar-refractivity contribution in [1.82, 2.24) is 9.73 Å². The second-order valence-corrected chi connectivity index (χ2v) is 7.40. The normalized spacial score (nSPS) is 12.3. The molecule has 0 amide bonds. The average molecular weight is 358 g/mol. The first-order chi connectivity index (χ1) is 13.9. The standard InChI is InChI=1S/C25H16N3/c1-2-8-17(9-3-1)24-23-18-12-6-10-16-11-7-13-19(22(16)18)25(23)27-21-15-5-4-14-20(21)26-28(24)27/h1-15,26H/q+1. The van der Waals surface area contributed by atoms with Crippen molar-refractivity contribution in [3.63, 3.8) is 0 Å². The molecule has 28 heavy (non-hydrogen) atoms. The Morgan fingerprint density at radius 2 is 1.43 bits per heavy atom. The minimum absolute atomic E-state index is 1.13. The van der Waals surface area contributed by atoms with Crippen molar-refractivity contribution >= 4 is 21.8 Å². The fraction of sp³-hybridized carbons (Fsp3) is 0. The Kier molecular flexibility index (Phi) is 2.49. The number of fused-ring (bicyclic) bond motifs is 7. The molecule has 3 heteroatoms. The molecule has 7 rings (SSSR count). The molecule has 0 saturated heterocycles. The zero-order valence-electron chi connectivity index (χ0n) is 15.1. The highest BCUT2D eigenvalue weighted by molar-refractivity contribution is 6.16. The molecule has 1 aliphatic carbocycles. The minimum atomic E-state index is 1.13. The number of H-pyrrole nitrogens is 1. The lowest BCUT2D eigenvalue weighted by atomic mass is 10.0. The molecule has 1 N–H and O–H groups in total. The molecular formula is C25H16N3+. The van der Waals surface area contributed by atoms with Crippen molar-refractivity contribution in [2.24, 2.45) is 0 Å². The van der Waals surface area contributed by atoms with Crippen LogP contribution in [-0.4, -0.2) is 9.73 Å². The van der Waals surface area contributed by atoms with E-state index in [1.165, 1.54) is 49.9 Å². The van der Waals surface area contributed by atoms with E-state index in [9.17, 15) is 0 Å². The van der Waals surface area contributed by atoms with E-state index in [1.807, 2.05) is 0 Å². The van der Waals surface area contributed by atoms with Gasteiger partial charge in [0.1, 0.15) is 5.69 Å². The lowest BCUT2D eigenvalue weighted by molar-refractivity contribution is -0.580. The molecule has 4 aromatic carbocycles. The van der Waals surface area contributed by atoms with Crippen molar-refractivity contribution in [3.8, 4) is 33.6 Å². The third kappa shape index (κ3) is 1.58. The Labute approximate surface area is 161 Å². The molecule has 0 atom stereocenters. The third-order valence-corrected chi connectivity index (χ3v) is 5.93. The van der Waals surface area contributed by atoms with Gasteiger partial charge in [-0.3, -0.25) is 0 Å². The van der Waals surface area contributed by atoms with E-state index >= 15 is 0 Å². The summed E-state index contributed by atoms with van der Waals surface area (Å²) in [5.74, 6) is 0. The molecule has 130 valence electrons. The average Bonchev–Trinajstić information content (AvgIpc) is 3.37. The Balaban J connectivity index is 1.78. The van der Waals surface area contributed by atoms with Gasteiger partial charge in [0.2, 0.25) is 5.52 Å². The highest BCUT2D eigenvalue weighted by Gasteiger charge is 2.36. The van der Waals surface area contributed by atoms with Crippen LogP contribution in [0.25, 0.3) is 55.4 Å². The zero-order valence-corrected chi connectivity index (χ0v) is 15.1. The fourth-order valence-electron chi connectivity index (χ4n) is 4.84. The van der Waals surface area contributed by atoms with Crippen LogP contribution in [0, 0.1) is 0 Å². The summed E-state index contributed by atoms with van der Waals surface area (Å²) in [6.45, 7) is 0. The largest absolute Gasteiger partial charge is 0.202 e. The number of rotatable bonds is 1. The first kappa shape index (κ1) is 14.2. The highest BCUT2D eigenvalue weighted by atomic mass is 15.5. The lowest BCUT2D eigenvalue weighted by Crippen LogP contribution is -2.28. The molecular weight excluding hydrogens is 342 g/mol. The monoisotopic (exact) mass is 358 g/mol. The van der Waals surface area contributed by atoms with Crippen LogP contribution in [0.2, 0.25) is 0 Å². The summed E-state index contributed by atoms with van der Waals surface area (Å²) in [6, 6.07) is 32.4. The predicted molar refractivity (Wildman–Crippen MR) is 112 cm³/mol. The molecule has 0 aliphatic heterocycles. The Morgan fingerprint density at radius 1 is 0.679 bits per heavy atom. The number of benzene rings is 4. The number of aromatic amines is 1. The van der Waals surface area contributed by atoms with Gasteiger partial charge in [-0.05, 0) is 33.8 Å². The quantitative estimate of drug-likeness (QED) is 0.376. The van der Waals surface area contributed by atoms with Gasteiger partial charge in [0.15, 0.2) is 11.2 Å². The maximum absolute atomic E-state index is 3.62. The van der Waals surface area contributed by atoms with Gasteiger partial charge < -0.3 is 0 Å². The van der Waals surface area contributed by atoms with Crippen molar-refractivity contribution in [2.75, 3.05) is 0 Å². The van der Waals surface area contributed by atoms with Crippen LogP contribution < -0.4 is 4.52 Å². The lowest BCUT2D eigenvalue weighted by Gasteiger charge is -2.04. The van der Waals surface area contributed by atoms with E-state index in [-0.39, 0.29) is 0 Å². The van der Waals surface area contributed by atoms with Crippen LogP contribution in [0.5, 0.6) is 0 Å². The number of nitrogens with zero attached hydrogens (tertiary/aromatic N) is 2. The number of nitrogens with one attached hydrogen (secondary N) is 1. The maximum atomic E-state index is 3.62. The van der Waals surface area contributed by atoms with Crippen LogP contribution in [0.1, 0.15) is 0 Å². The van der Waals surface area contributed by atoms with Crippen LogP contribution in [-0.2, 0) is 0 Å². The molecule has 6 aromatic rings. The van der Waals surface area contributed by atoms with E-state index < -0.39 is 0 Å². The van der Waals surface area contributed by atoms with Gasteiger partial charge >= 0.3 is 0 Å². The smallest absolute Gasteiger partial charge is 0.165 e. The van der Waals surface area contributed by atoms with Crippen LogP contribution in [0.15, 0.2) is 91.0 Å². The molecule has 2 heterocycles. The maximum Gasteiger partial charge on any atom is 0.202 e. The fourth-order valence-corrected chi connectivity index (χ4v) is 4.84. The second-order valence-electron chi connectivity index (χ2n) is 7.40. The number of hydrogen-bond donors (Lipinski definition) is 1. The third-order valence-electron chi connectivity index (χ3n) is 5.93. The van der Waals surface area contributed by atoms with E-state index in [1.54, 1.807) is 0 Å². The first-order valence-corrected chi connectivity index (χ1v) is 9.57. The predicted octanol–water partition coefficient (Wildman–Crippen LogP) is 5.47. The van der Waals surface area contributed by atoms with E-state index in [0.717, 1.165) is 5.52 Å². The molecule has 0 radical (unpaired) electrons. The topological polar surface area (TPSA) is 24.3 Å². The van der Waals surface area contributed by atoms with Crippen molar-refractivity contribution in [1.29, 1.82) is 0 Å². The van der Waals surface area contributed by atoms with Crippen molar-refractivity contribution in [3.05, 3.63) is 91.0 Å². The number of para-hydroxylation sites is 2. The molecule has 2 aromatic heterocycles. The molecule has 0 spiro atoms. The van der Waals surface area contributed by atoms with Crippen molar-refractivity contribution < 1.29 is 4.52 Å². The van der Waals surface area contributed by atoms with Gasteiger partial charge in [-0.25, -0.2) is 0 Å². The van der Waals surface area contributed by atoms with E-state index in [2.05, 4.69) is 105 Å². The van der Waals surface area contributed by atoms with Crippen LogP contribution in [0.3, 0.4) is 0 Å². The summed E-state index contributed by atoms with van der Waals surface area (Å²) < 4.78 is 4.54. The van der Waals surface area contributed by atoms with Gasteiger partial charge in [-0.15, -0.1) is 4.52 Å². The minimum Gasteiger partial charge on any atom is -0.165 e. The summed E-state index contributed by atoms with van der Waals surface area (Å²) in [4.78, 5) is 0. The highest BCUT2D eigenvalue weighted by Crippen LogP contribution is 2.49. The van der Waals surface area contributed by atoms with Gasteiger partial charge in [-0.1, -0.05) is 72.8 Å². The molecule has 0 saturated carbocycles. The van der Waals surface area contributed by atoms with Gasteiger partial charge in [0, 0.05) is 16.5 Å².